The van der Waals surface area contributed by atoms with E-state index in [1.54, 1.807) is 16.8 Å². The number of nitrogens with zero attached hydrogens (tertiary/aromatic N) is 4. The molecule has 0 amide bonds. The molecule has 1 aromatic carbocycles. The van der Waals surface area contributed by atoms with E-state index >= 15 is 0 Å². The lowest BCUT2D eigenvalue weighted by Gasteiger charge is -2.16. The Morgan fingerprint density at radius 3 is 3.05 bits per heavy atom. The fraction of sp³-hybridized carbons (Fsp3) is 0.385. The Hall–Kier alpha value is -1.22. The molecule has 1 atom stereocenters. The van der Waals surface area contributed by atoms with Crippen molar-refractivity contribution >= 4 is 28.3 Å². The minimum absolute atomic E-state index is 0.0402. The van der Waals surface area contributed by atoms with Crippen molar-refractivity contribution in [1.29, 1.82) is 0 Å². The van der Waals surface area contributed by atoms with Gasteiger partial charge < -0.3 is 9.64 Å². The summed E-state index contributed by atoms with van der Waals surface area (Å²) in [6.45, 7) is 3.75. The van der Waals surface area contributed by atoms with E-state index in [0.29, 0.717) is 16.8 Å². The zero-order chi connectivity index (χ0) is 14.1. The molecule has 0 N–H and O–H groups in total. The summed E-state index contributed by atoms with van der Waals surface area (Å²) in [5.74, 6) is -0.196. The summed E-state index contributed by atoms with van der Waals surface area (Å²) in [7, 11) is 0. The first kappa shape index (κ1) is 13.7. The van der Waals surface area contributed by atoms with E-state index in [4.69, 9.17) is 4.74 Å². The molecule has 5 nitrogen and oxygen atoms in total. The van der Waals surface area contributed by atoms with Gasteiger partial charge in [-0.05, 0) is 47.7 Å². The third-order valence-corrected chi connectivity index (χ3v) is 4.08. The lowest BCUT2D eigenvalue weighted by molar-refractivity contribution is 0.0991. The molecule has 20 heavy (non-hydrogen) atoms. The summed E-state index contributed by atoms with van der Waals surface area (Å²) in [5.41, 5.74) is 1.74. The topological polar surface area (TPSA) is 43.2 Å². The molecule has 1 saturated heterocycles. The molecule has 1 fully saturated rings. The van der Waals surface area contributed by atoms with Gasteiger partial charge in [-0.3, -0.25) is 0 Å². The van der Waals surface area contributed by atoms with Crippen LogP contribution in [0.5, 0.6) is 0 Å². The van der Waals surface area contributed by atoms with E-state index in [1.165, 1.54) is 0 Å². The van der Waals surface area contributed by atoms with E-state index in [2.05, 4.69) is 10.3 Å². The Labute approximate surface area is 129 Å². The third-order valence-electron chi connectivity index (χ3n) is 3.20. The van der Waals surface area contributed by atoms with Gasteiger partial charge in [-0.25, -0.2) is 9.07 Å². The van der Waals surface area contributed by atoms with Crippen LogP contribution in [0.4, 0.5) is 10.1 Å². The van der Waals surface area contributed by atoms with Crippen LogP contribution in [0.15, 0.2) is 24.4 Å². The quantitative estimate of drug-likeness (QED) is 0.757. The summed E-state index contributed by atoms with van der Waals surface area (Å²) in [4.78, 5) is 2.02. The summed E-state index contributed by atoms with van der Waals surface area (Å²) in [6.07, 6.45) is 1.93. The van der Waals surface area contributed by atoms with Crippen LogP contribution in [0.1, 0.15) is 5.69 Å². The van der Waals surface area contributed by atoms with E-state index < -0.39 is 0 Å². The van der Waals surface area contributed by atoms with Gasteiger partial charge >= 0.3 is 0 Å². The van der Waals surface area contributed by atoms with Crippen LogP contribution >= 0.6 is 22.6 Å². The van der Waals surface area contributed by atoms with Crippen LogP contribution in [-0.4, -0.2) is 34.4 Å². The van der Waals surface area contributed by atoms with E-state index in [1.807, 2.05) is 46.7 Å². The highest BCUT2D eigenvalue weighted by molar-refractivity contribution is 14.1. The lowest BCUT2D eigenvalue weighted by atomic mass is 10.2. The Bertz CT molecular complexity index is 618. The van der Waals surface area contributed by atoms with Crippen molar-refractivity contribution in [3.05, 3.63) is 39.5 Å². The number of ether oxygens (including phenoxy) is 1. The summed E-state index contributed by atoms with van der Waals surface area (Å²) in [6, 6.07) is 5.24. The number of rotatable bonds is 3. The molecule has 3 rings (SSSR count). The molecule has 1 aliphatic rings. The zero-order valence-electron chi connectivity index (χ0n) is 11.0. The van der Waals surface area contributed by atoms with Gasteiger partial charge in [0.05, 0.1) is 18.3 Å². The van der Waals surface area contributed by atoms with E-state index in [-0.39, 0.29) is 11.9 Å². The van der Waals surface area contributed by atoms with Gasteiger partial charge in [0.15, 0.2) is 0 Å². The molecule has 1 aliphatic heterocycles. The predicted molar refractivity (Wildman–Crippen MR) is 81.0 cm³/mol. The molecule has 0 saturated carbocycles. The van der Waals surface area contributed by atoms with Crippen LogP contribution < -0.4 is 4.90 Å². The Kier molecular flexibility index (Phi) is 3.88. The number of anilines is 1. The second-order valence-corrected chi connectivity index (χ2v) is 5.98. The average Bonchev–Trinajstić information content (AvgIpc) is 3.03. The number of hydrogen-bond donors (Lipinski definition) is 0. The first-order valence-corrected chi connectivity index (χ1v) is 7.38. The molecule has 1 aromatic heterocycles. The van der Waals surface area contributed by atoms with Crippen molar-refractivity contribution in [2.45, 2.75) is 19.6 Å². The van der Waals surface area contributed by atoms with E-state index in [0.717, 1.165) is 17.9 Å². The van der Waals surface area contributed by atoms with Crippen molar-refractivity contribution in [2.75, 3.05) is 18.2 Å². The number of halogens is 2. The van der Waals surface area contributed by atoms with Crippen LogP contribution in [0, 0.1) is 16.3 Å². The van der Waals surface area contributed by atoms with Crippen molar-refractivity contribution in [2.24, 2.45) is 0 Å². The zero-order valence-corrected chi connectivity index (χ0v) is 13.1. The molecule has 7 heteroatoms. The van der Waals surface area contributed by atoms with Crippen molar-refractivity contribution in [3.63, 3.8) is 0 Å². The highest BCUT2D eigenvalue weighted by atomic mass is 127. The number of aryl methyl sites for hydroxylation is 1. The first-order chi connectivity index (χ1) is 9.61. The van der Waals surface area contributed by atoms with Crippen molar-refractivity contribution in [1.82, 2.24) is 15.0 Å². The first-order valence-electron chi connectivity index (χ1n) is 6.30. The highest BCUT2D eigenvalue weighted by Crippen LogP contribution is 2.23. The van der Waals surface area contributed by atoms with Crippen molar-refractivity contribution < 1.29 is 9.13 Å². The van der Waals surface area contributed by atoms with Gasteiger partial charge in [-0.15, -0.1) is 5.10 Å². The summed E-state index contributed by atoms with van der Waals surface area (Å²) < 4.78 is 21.7. The van der Waals surface area contributed by atoms with Crippen LogP contribution in [0.2, 0.25) is 0 Å². The summed E-state index contributed by atoms with van der Waals surface area (Å²) >= 11 is 1.98. The van der Waals surface area contributed by atoms with Crippen LogP contribution in [-0.2, 0) is 11.3 Å². The number of hydrogen-bond acceptors (Lipinski definition) is 4. The van der Waals surface area contributed by atoms with Gasteiger partial charge in [0.25, 0.3) is 0 Å². The number of benzene rings is 1. The van der Waals surface area contributed by atoms with Crippen LogP contribution in [0.25, 0.3) is 0 Å². The Morgan fingerprint density at radius 2 is 2.35 bits per heavy atom. The minimum Gasteiger partial charge on any atom is -0.354 e. The predicted octanol–water partition coefficient (Wildman–Crippen LogP) is 2.19. The molecule has 2 aromatic rings. The standard InChI is InChI=1S/C13H14FIN4O/c1-9-5-19(17-16-9)7-11-6-18(8-20-11)10-2-3-13(15)12(14)4-10/h2-5,11H,6-8H2,1H3/t11-/m1/s1. The van der Waals surface area contributed by atoms with Gasteiger partial charge in [-0.2, -0.15) is 0 Å². The maximum Gasteiger partial charge on any atom is 0.138 e. The highest BCUT2D eigenvalue weighted by Gasteiger charge is 2.24. The molecule has 2 heterocycles. The molecule has 106 valence electrons. The molecule has 0 aliphatic carbocycles. The molecule has 0 unspecified atom stereocenters. The lowest BCUT2D eigenvalue weighted by Crippen LogP contribution is -2.24. The molecule has 0 bridgehead atoms. The Balaban J connectivity index is 1.65. The Morgan fingerprint density at radius 1 is 1.50 bits per heavy atom. The number of aromatic nitrogens is 3. The second-order valence-electron chi connectivity index (χ2n) is 4.82. The van der Waals surface area contributed by atoms with Gasteiger partial charge in [-0.1, -0.05) is 5.21 Å². The largest absolute Gasteiger partial charge is 0.354 e. The second kappa shape index (κ2) is 5.65. The average molecular weight is 388 g/mol. The van der Waals surface area contributed by atoms with Crippen LogP contribution in [0.3, 0.4) is 0 Å². The molecular weight excluding hydrogens is 374 g/mol. The van der Waals surface area contributed by atoms with E-state index in [9.17, 15) is 4.39 Å². The van der Waals surface area contributed by atoms with Gasteiger partial charge in [0.2, 0.25) is 0 Å². The normalized spacial score (nSPS) is 18.8. The van der Waals surface area contributed by atoms with Crippen molar-refractivity contribution in [3.8, 4) is 0 Å². The molecule has 0 spiro atoms. The molecular formula is C13H14FIN4O. The summed E-state index contributed by atoms with van der Waals surface area (Å²) in [5, 5.41) is 7.96. The fourth-order valence-electron chi connectivity index (χ4n) is 2.21. The van der Waals surface area contributed by atoms with Gasteiger partial charge in [0.1, 0.15) is 12.5 Å². The molecule has 0 radical (unpaired) electrons. The maximum atomic E-state index is 13.6. The third kappa shape index (κ3) is 2.93. The maximum absolute atomic E-state index is 13.6. The minimum atomic E-state index is -0.196. The SMILES string of the molecule is Cc1cn(C[C@H]2CN(c3ccc(I)c(F)c3)CO2)nn1. The smallest absolute Gasteiger partial charge is 0.138 e. The fourth-order valence-corrected chi connectivity index (χ4v) is 2.55. The van der Waals surface area contributed by atoms with Gasteiger partial charge in [0, 0.05) is 22.0 Å². The monoisotopic (exact) mass is 388 g/mol.